The van der Waals surface area contributed by atoms with Crippen molar-refractivity contribution in [2.24, 2.45) is 11.8 Å². The minimum Gasteiger partial charge on any atom is -0.465 e. The van der Waals surface area contributed by atoms with Crippen molar-refractivity contribution in [2.45, 2.75) is 329 Å². The molecule has 3 nitrogen and oxygen atoms in total. The number of carbonyl (C=O) groups excluding carboxylic acids is 2. The lowest BCUT2D eigenvalue weighted by Crippen LogP contribution is -2.14. The van der Waals surface area contributed by atoms with Crippen molar-refractivity contribution in [3.8, 4) is 0 Å². The van der Waals surface area contributed by atoms with Crippen LogP contribution in [0, 0.1) is 11.8 Å². The molecule has 0 aliphatic carbocycles. The molecule has 0 aromatic rings. The van der Waals surface area contributed by atoms with Gasteiger partial charge in [0.15, 0.2) is 0 Å². The summed E-state index contributed by atoms with van der Waals surface area (Å²) >= 11 is 0. The molecule has 0 aliphatic heterocycles. The molecule has 0 saturated carbocycles. The van der Waals surface area contributed by atoms with Gasteiger partial charge in [0.25, 0.3) is 0 Å². The average Bonchev–Trinajstić information content (AvgIpc) is 3.24. The van der Waals surface area contributed by atoms with E-state index in [0.717, 1.165) is 38.5 Å². The number of carbonyl (C=O) groups is 2. The van der Waals surface area contributed by atoms with Crippen molar-refractivity contribution in [1.29, 1.82) is 0 Å². The van der Waals surface area contributed by atoms with Crippen LogP contribution in [0.15, 0.2) is 0 Å². The van der Waals surface area contributed by atoms with E-state index in [2.05, 4.69) is 27.7 Å². The van der Waals surface area contributed by atoms with Crippen LogP contribution >= 0.6 is 0 Å². The Bertz CT molecular complexity index is 822. The van der Waals surface area contributed by atoms with Crippen LogP contribution in [0.3, 0.4) is 0 Å². The zero-order chi connectivity index (χ0) is 43.0. The van der Waals surface area contributed by atoms with Gasteiger partial charge in [-0.25, -0.2) is 0 Å². The summed E-state index contributed by atoms with van der Waals surface area (Å²) in [4.78, 5) is 25.9. The summed E-state index contributed by atoms with van der Waals surface area (Å²) in [5.74, 6) is 1.48. The summed E-state index contributed by atoms with van der Waals surface area (Å²) in [6.07, 6.45) is 60.4. The molecule has 0 aliphatic rings. The Morgan fingerprint density at radius 1 is 0.305 bits per heavy atom. The zero-order valence-corrected chi connectivity index (χ0v) is 41.3. The lowest BCUT2D eigenvalue weighted by atomic mass is 9.88. The first-order chi connectivity index (χ1) is 29.1. The molecule has 0 bridgehead atoms. The van der Waals surface area contributed by atoms with E-state index in [4.69, 9.17) is 4.74 Å². The largest absolute Gasteiger partial charge is 0.465 e. The maximum Gasteiger partial charge on any atom is 0.305 e. The maximum absolute atomic E-state index is 13.3. The molecule has 0 amide bonds. The molecule has 2 atom stereocenters. The van der Waals surface area contributed by atoms with Crippen LogP contribution in [0.25, 0.3) is 0 Å². The Balaban J connectivity index is 4.09. The van der Waals surface area contributed by atoms with Gasteiger partial charge in [-0.3, -0.25) is 9.59 Å². The van der Waals surface area contributed by atoms with Gasteiger partial charge in [-0.15, -0.1) is 0 Å². The van der Waals surface area contributed by atoms with E-state index in [1.807, 2.05) is 0 Å². The molecule has 2 unspecified atom stereocenters. The van der Waals surface area contributed by atoms with Crippen LogP contribution in [-0.2, 0) is 14.3 Å². The molecule has 0 fully saturated rings. The lowest BCUT2D eigenvalue weighted by Gasteiger charge is -2.17. The van der Waals surface area contributed by atoms with Crippen LogP contribution in [0.5, 0.6) is 0 Å². The van der Waals surface area contributed by atoms with Gasteiger partial charge < -0.3 is 4.74 Å². The molecular weight excluding hydrogens is 721 g/mol. The van der Waals surface area contributed by atoms with Crippen LogP contribution in [0.2, 0.25) is 0 Å². The van der Waals surface area contributed by atoms with Gasteiger partial charge in [0.1, 0.15) is 5.78 Å². The third kappa shape index (κ3) is 45.0. The molecule has 0 saturated heterocycles. The van der Waals surface area contributed by atoms with Gasteiger partial charge in [-0.1, -0.05) is 278 Å². The number of unbranched alkanes of at least 4 members (excludes halogenated alkanes) is 36. The first kappa shape index (κ1) is 58.1. The van der Waals surface area contributed by atoms with Gasteiger partial charge in [0.05, 0.1) is 6.61 Å². The highest BCUT2D eigenvalue weighted by molar-refractivity contribution is 5.80. The summed E-state index contributed by atoms with van der Waals surface area (Å²) in [6, 6.07) is 0. The fourth-order valence-corrected chi connectivity index (χ4v) is 9.25. The third-order valence-corrected chi connectivity index (χ3v) is 13.5. The average molecular weight is 831 g/mol. The summed E-state index contributed by atoms with van der Waals surface area (Å²) in [5.41, 5.74) is 0. The molecule has 3 heteroatoms. The molecule has 0 aromatic carbocycles. The van der Waals surface area contributed by atoms with Crippen LogP contribution in [-0.4, -0.2) is 18.4 Å². The van der Waals surface area contributed by atoms with Crippen molar-refractivity contribution >= 4 is 11.8 Å². The summed E-state index contributed by atoms with van der Waals surface area (Å²) in [6.45, 7) is 9.80. The van der Waals surface area contributed by atoms with E-state index in [9.17, 15) is 9.59 Å². The van der Waals surface area contributed by atoms with Crippen molar-refractivity contribution in [3.05, 3.63) is 0 Å². The second kappa shape index (κ2) is 49.8. The van der Waals surface area contributed by atoms with Gasteiger partial charge in [0.2, 0.25) is 0 Å². The SMILES string of the molecule is CCCCCCCCCCCCCCCCCC(=O)C(CCCCCC)CCCCCCCCCCC(=O)OCC(CCCCCCCC)CCCCCCCCCC. The van der Waals surface area contributed by atoms with E-state index >= 15 is 0 Å². The minimum absolute atomic E-state index is 0.0345. The summed E-state index contributed by atoms with van der Waals surface area (Å²) < 4.78 is 5.87. The van der Waals surface area contributed by atoms with Gasteiger partial charge in [-0.05, 0) is 44.4 Å². The number of esters is 1. The third-order valence-electron chi connectivity index (χ3n) is 13.5. The highest BCUT2D eigenvalue weighted by Gasteiger charge is 2.17. The quantitative estimate of drug-likeness (QED) is 0.0453. The number of Topliss-reactive ketones (excluding diaryl/α,β-unsaturated/α-hetero) is 1. The fraction of sp³-hybridized carbons (Fsp3) is 0.964. The molecular formula is C56H110O3. The molecule has 0 rings (SSSR count). The van der Waals surface area contributed by atoms with Crippen molar-refractivity contribution in [2.75, 3.05) is 6.61 Å². The number of hydrogen-bond donors (Lipinski definition) is 0. The topological polar surface area (TPSA) is 43.4 Å². The van der Waals surface area contributed by atoms with Crippen molar-refractivity contribution < 1.29 is 14.3 Å². The van der Waals surface area contributed by atoms with Gasteiger partial charge in [0, 0.05) is 18.8 Å². The van der Waals surface area contributed by atoms with Gasteiger partial charge >= 0.3 is 5.97 Å². The standard InChI is InChI=1S/C56H110O3/c1-5-9-13-17-20-22-23-24-25-26-27-28-33-38-44-50-55(57)54(48-42-16-12-8-4)49-43-37-32-29-30-34-39-45-51-56(58)59-52-53(46-40-35-19-15-11-7-3)47-41-36-31-21-18-14-10-6-2/h53-54H,5-52H2,1-4H3. The summed E-state index contributed by atoms with van der Waals surface area (Å²) in [5, 5.41) is 0. The molecule has 0 N–H and O–H groups in total. The molecule has 0 spiro atoms. The highest BCUT2D eigenvalue weighted by atomic mass is 16.5. The Hall–Kier alpha value is -0.860. The second-order valence-electron chi connectivity index (χ2n) is 19.4. The predicted octanol–water partition coefficient (Wildman–Crippen LogP) is 19.7. The van der Waals surface area contributed by atoms with E-state index in [1.54, 1.807) is 0 Å². The normalized spacial score (nSPS) is 12.6. The van der Waals surface area contributed by atoms with Crippen molar-refractivity contribution in [1.82, 2.24) is 0 Å². The molecule has 0 heterocycles. The Kier molecular flexibility index (Phi) is 49.1. The first-order valence-electron chi connectivity index (χ1n) is 27.8. The summed E-state index contributed by atoms with van der Waals surface area (Å²) in [7, 11) is 0. The molecule has 352 valence electrons. The monoisotopic (exact) mass is 831 g/mol. The van der Waals surface area contributed by atoms with E-state index in [-0.39, 0.29) is 5.97 Å². The number of ether oxygens (including phenoxy) is 1. The Morgan fingerprint density at radius 2 is 0.559 bits per heavy atom. The highest BCUT2D eigenvalue weighted by Crippen LogP contribution is 2.24. The van der Waals surface area contributed by atoms with Crippen molar-refractivity contribution in [3.63, 3.8) is 0 Å². The number of hydrogen-bond acceptors (Lipinski definition) is 3. The maximum atomic E-state index is 13.3. The predicted molar refractivity (Wildman–Crippen MR) is 263 cm³/mol. The van der Waals surface area contributed by atoms with Crippen LogP contribution in [0.4, 0.5) is 0 Å². The van der Waals surface area contributed by atoms with E-state index in [0.29, 0.717) is 30.6 Å². The zero-order valence-electron chi connectivity index (χ0n) is 41.3. The fourth-order valence-electron chi connectivity index (χ4n) is 9.25. The van der Waals surface area contributed by atoms with E-state index < -0.39 is 0 Å². The molecule has 0 radical (unpaired) electrons. The smallest absolute Gasteiger partial charge is 0.305 e. The lowest BCUT2D eigenvalue weighted by molar-refractivity contribution is -0.145. The number of ketones is 1. The van der Waals surface area contributed by atoms with Gasteiger partial charge in [-0.2, -0.15) is 0 Å². The van der Waals surface area contributed by atoms with E-state index in [1.165, 1.54) is 257 Å². The number of rotatable bonds is 51. The van der Waals surface area contributed by atoms with Crippen LogP contribution in [0.1, 0.15) is 329 Å². The second-order valence-corrected chi connectivity index (χ2v) is 19.4. The molecule has 0 aromatic heterocycles. The minimum atomic E-state index is 0.0345. The Morgan fingerprint density at radius 3 is 0.898 bits per heavy atom. The first-order valence-corrected chi connectivity index (χ1v) is 27.8. The van der Waals surface area contributed by atoms with Crippen LogP contribution < -0.4 is 0 Å². The molecule has 59 heavy (non-hydrogen) atoms. The Labute approximate surface area is 372 Å².